The van der Waals surface area contributed by atoms with Crippen LogP contribution in [0.1, 0.15) is 16.9 Å². The molecule has 0 aromatic carbocycles. The fraction of sp³-hybridized carbons (Fsp3) is 0.250. The maximum atomic E-state index is 12.7. The lowest BCUT2D eigenvalue weighted by molar-refractivity contribution is -0.0528. The summed E-state index contributed by atoms with van der Waals surface area (Å²) in [6, 6.07) is 4.65. The number of likely N-dealkylation sites (tertiary alicyclic amines) is 1. The minimum atomic E-state index is -2.98. The maximum absolute atomic E-state index is 12.7. The number of ether oxygens (including phenoxy) is 1. The lowest BCUT2D eigenvalue weighted by Gasteiger charge is -2.30. The third-order valence-corrected chi connectivity index (χ3v) is 3.97. The van der Waals surface area contributed by atoms with Crippen molar-refractivity contribution in [2.24, 2.45) is 0 Å². The van der Waals surface area contributed by atoms with Crippen molar-refractivity contribution in [3.05, 3.63) is 42.5 Å². The summed E-state index contributed by atoms with van der Waals surface area (Å²) in [7, 11) is 0. The Morgan fingerprint density at radius 2 is 2.08 bits per heavy atom. The van der Waals surface area contributed by atoms with E-state index < -0.39 is 6.61 Å². The van der Waals surface area contributed by atoms with Gasteiger partial charge in [0.2, 0.25) is 5.88 Å². The molecular formula is C16H13F2N5O2. The predicted molar refractivity (Wildman–Crippen MR) is 83.4 cm³/mol. The molecule has 25 heavy (non-hydrogen) atoms. The van der Waals surface area contributed by atoms with Gasteiger partial charge in [-0.15, -0.1) is 0 Å². The van der Waals surface area contributed by atoms with E-state index in [1.807, 2.05) is 0 Å². The molecule has 0 radical (unpaired) electrons. The Labute approximate surface area is 140 Å². The molecule has 9 heteroatoms. The molecule has 0 N–H and O–H groups in total. The van der Waals surface area contributed by atoms with Gasteiger partial charge in [-0.05, 0) is 24.1 Å². The number of pyridine rings is 1. The van der Waals surface area contributed by atoms with E-state index in [0.29, 0.717) is 29.9 Å². The molecule has 3 aromatic heterocycles. The molecule has 1 amide bonds. The Hall–Kier alpha value is -3.10. The number of rotatable bonds is 4. The average molecular weight is 345 g/mol. The van der Waals surface area contributed by atoms with Crippen molar-refractivity contribution in [1.29, 1.82) is 0 Å². The second kappa shape index (κ2) is 6.08. The molecule has 1 fully saturated rings. The first kappa shape index (κ1) is 15.4. The van der Waals surface area contributed by atoms with Gasteiger partial charge in [-0.25, -0.2) is 14.5 Å². The van der Waals surface area contributed by atoms with Crippen LogP contribution in [-0.4, -0.2) is 50.1 Å². The van der Waals surface area contributed by atoms with Gasteiger partial charge in [0.05, 0.1) is 5.56 Å². The summed E-state index contributed by atoms with van der Waals surface area (Å²) < 4.78 is 30.8. The third-order valence-electron chi connectivity index (χ3n) is 3.97. The second-order valence-corrected chi connectivity index (χ2v) is 5.52. The molecule has 1 saturated heterocycles. The van der Waals surface area contributed by atoms with Crippen LogP contribution >= 0.6 is 0 Å². The lowest BCUT2D eigenvalue weighted by Crippen LogP contribution is -2.42. The Morgan fingerprint density at radius 1 is 1.24 bits per heavy atom. The average Bonchev–Trinajstić information content (AvgIpc) is 2.92. The van der Waals surface area contributed by atoms with Gasteiger partial charge in [0.15, 0.2) is 11.3 Å². The molecule has 0 aliphatic carbocycles. The number of alkyl halides is 2. The van der Waals surface area contributed by atoms with E-state index in [-0.39, 0.29) is 17.5 Å². The fourth-order valence-electron chi connectivity index (χ4n) is 2.69. The molecule has 4 rings (SSSR count). The van der Waals surface area contributed by atoms with Crippen LogP contribution in [0.3, 0.4) is 0 Å². The molecule has 0 saturated carbocycles. The number of nitrogens with zero attached hydrogens (tertiary/aromatic N) is 5. The first-order valence-electron chi connectivity index (χ1n) is 7.67. The zero-order valence-electron chi connectivity index (χ0n) is 13.0. The van der Waals surface area contributed by atoms with Crippen LogP contribution in [0.15, 0.2) is 36.8 Å². The normalized spacial score (nSPS) is 14.0. The summed E-state index contributed by atoms with van der Waals surface area (Å²) in [6.07, 6.45) is 5.55. The van der Waals surface area contributed by atoms with Crippen LogP contribution in [0, 0.1) is 0 Å². The van der Waals surface area contributed by atoms with Crippen molar-refractivity contribution in [1.82, 2.24) is 24.5 Å². The van der Waals surface area contributed by atoms with Crippen molar-refractivity contribution in [3.8, 4) is 17.0 Å². The zero-order valence-corrected chi connectivity index (χ0v) is 13.0. The highest BCUT2D eigenvalue weighted by Gasteiger charge is 2.29. The largest absolute Gasteiger partial charge is 0.417 e. The molecular weight excluding hydrogens is 332 g/mol. The first-order chi connectivity index (χ1) is 12.1. The summed E-state index contributed by atoms with van der Waals surface area (Å²) >= 11 is 0. The van der Waals surface area contributed by atoms with Crippen LogP contribution in [0.5, 0.6) is 5.88 Å². The predicted octanol–water partition coefficient (Wildman–Crippen LogP) is 2.24. The Morgan fingerprint density at radius 3 is 2.80 bits per heavy atom. The van der Waals surface area contributed by atoms with E-state index in [4.69, 9.17) is 0 Å². The monoisotopic (exact) mass is 345 g/mol. The highest BCUT2D eigenvalue weighted by molar-refractivity contribution is 6.03. The van der Waals surface area contributed by atoms with Gasteiger partial charge in [0.25, 0.3) is 5.91 Å². The summed E-state index contributed by atoms with van der Waals surface area (Å²) in [4.78, 5) is 22.4. The molecule has 7 nitrogen and oxygen atoms in total. The number of carbonyl (C=O) groups is 1. The highest BCUT2D eigenvalue weighted by Crippen LogP contribution is 2.30. The fourth-order valence-corrected chi connectivity index (χ4v) is 2.69. The van der Waals surface area contributed by atoms with E-state index in [1.54, 1.807) is 29.4 Å². The second-order valence-electron chi connectivity index (χ2n) is 5.52. The van der Waals surface area contributed by atoms with Gasteiger partial charge in [-0.1, -0.05) is 0 Å². The minimum Gasteiger partial charge on any atom is -0.417 e. The molecule has 0 unspecified atom stereocenters. The number of carbonyl (C=O) groups excluding carboxylic acids is 1. The molecule has 1 aliphatic heterocycles. The number of amides is 1. The van der Waals surface area contributed by atoms with Gasteiger partial charge in [-0.3, -0.25) is 4.79 Å². The minimum absolute atomic E-state index is 0.208. The Kier molecular flexibility index (Phi) is 3.75. The van der Waals surface area contributed by atoms with E-state index in [1.165, 1.54) is 16.8 Å². The van der Waals surface area contributed by atoms with Crippen LogP contribution < -0.4 is 4.74 Å². The van der Waals surface area contributed by atoms with E-state index in [9.17, 15) is 13.6 Å². The number of hydrogen-bond acceptors (Lipinski definition) is 5. The van der Waals surface area contributed by atoms with Gasteiger partial charge in [0, 0.05) is 37.7 Å². The van der Waals surface area contributed by atoms with Crippen molar-refractivity contribution in [3.63, 3.8) is 0 Å². The van der Waals surface area contributed by atoms with E-state index in [0.717, 1.165) is 6.42 Å². The van der Waals surface area contributed by atoms with Gasteiger partial charge < -0.3 is 9.64 Å². The summed E-state index contributed by atoms with van der Waals surface area (Å²) in [6.45, 7) is -1.63. The molecule has 0 spiro atoms. The Balaban J connectivity index is 1.86. The number of hydrogen-bond donors (Lipinski definition) is 0. The van der Waals surface area contributed by atoms with Crippen molar-refractivity contribution >= 4 is 11.6 Å². The van der Waals surface area contributed by atoms with Gasteiger partial charge >= 0.3 is 6.61 Å². The molecule has 0 bridgehead atoms. The van der Waals surface area contributed by atoms with Crippen molar-refractivity contribution in [2.75, 3.05) is 13.1 Å². The van der Waals surface area contributed by atoms with Gasteiger partial charge in [0.1, 0.15) is 0 Å². The maximum Gasteiger partial charge on any atom is 0.388 e. The van der Waals surface area contributed by atoms with E-state index >= 15 is 0 Å². The quantitative estimate of drug-likeness (QED) is 0.725. The van der Waals surface area contributed by atoms with E-state index in [2.05, 4.69) is 19.8 Å². The topological polar surface area (TPSA) is 72.6 Å². The summed E-state index contributed by atoms with van der Waals surface area (Å²) in [5.41, 5.74) is 1.65. The Bertz CT molecular complexity index is 939. The molecule has 4 heterocycles. The van der Waals surface area contributed by atoms with Crippen LogP contribution in [0.2, 0.25) is 0 Å². The lowest BCUT2D eigenvalue weighted by atomic mass is 10.1. The summed E-state index contributed by atoms with van der Waals surface area (Å²) in [5.74, 6) is -0.440. The van der Waals surface area contributed by atoms with Gasteiger partial charge in [-0.2, -0.15) is 13.9 Å². The van der Waals surface area contributed by atoms with Crippen LogP contribution in [-0.2, 0) is 0 Å². The van der Waals surface area contributed by atoms with Crippen molar-refractivity contribution in [2.45, 2.75) is 13.0 Å². The number of fused-ring (bicyclic) bond motifs is 1. The molecule has 128 valence electrons. The third kappa shape index (κ3) is 2.77. The molecule has 1 aliphatic rings. The number of aromatic nitrogens is 4. The number of halogens is 2. The molecule has 3 aromatic rings. The van der Waals surface area contributed by atoms with Crippen molar-refractivity contribution < 1.29 is 18.3 Å². The highest BCUT2D eigenvalue weighted by atomic mass is 19.3. The standard InChI is InChI=1S/C16H13F2N5O2/c17-16(18)25-11-9-10(3-5-19-11)12-13(15(24)22-6-2-7-22)21-23-8-1-4-20-14(12)23/h1,3-5,8-9,16H,2,6-7H2. The van der Waals surface area contributed by atoms with Crippen LogP contribution in [0.4, 0.5) is 8.78 Å². The first-order valence-corrected chi connectivity index (χ1v) is 7.67. The molecule has 0 atom stereocenters. The van der Waals surface area contributed by atoms with Crippen LogP contribution in [0.25, 0.3) is 16.8 Å². The smallest absolute Gasteiger partial charge is 0.388 e. The SMILES string of the molecule is O=C(c1nn2cccnc2c1-c1ccnc(OC(F)F)c1)N1CCC1. The zero-order chi connectivity index (χ0) is 17.4. The summed E-state index contributed by atoms with van der Waals surface area (Å²) in [5, 5.41) is 4.34.